The van der Waals surface area contributed by atoms with Crippen LogP contribution in [0.2, 0.25) is 0 Å². The second kappa shape index (κ2) is 4.79. The summed E-state index contributed by atoms with van der Waals surface area (Å²) in [6.45, 7) is 0. The molecule has 0 unspecified atom stereocenters. The van der Waals surface area contributed by atoms with Crippen LogP contribution in [0.15, 0.2) is 24.3 Å². The number of benzene rings is 1. The minimum Gasteiger partial charge on any atom is -0.397 e. The SMILES string of the molecule is CN(c1ccccc1N)C1CCSCC1. The number of anilines is 2. The molecule has 1 aliphatic heterocycles. The van der Waals surface area contributed by atoms with Crippen LogP contribution in [0.4, 0.5) is 11.4 Å². The molecule has 0 bridgehead atoms. The summed E-state index contributed by atoms with van der Waals surface area (Å²) in [5.74, 6) is 2.56. The van der Waals surface area contributed by atoms with Crippen molar-refractivity contribution in [2.24, 2.45) is 0 Å². The molecule has 2 nitrogen and oxygen atoms in total. The van der Waals surface area contributed by atoms with E-state index in [9.17, 15) is 0 Å². The molecule has 1 aromatic rings. The van der Waals surface area contributed by atoms with Crippen LogP contribution in [0, 0.1) is 0 Å². The first-order valence-corrected chi connectivity index (χ1v) is 6.59. The quantitative estimate of drug-likeness (QED) is 0.780. The van der Waals surface area contributed by atoms with Gasteiger partial charge < -0.3 is 10.6 Å². The van der Waals surface area contributed by atoms with E-state index in [1.165, 1.54) is 30.0 Å². The number of nitrogen functional groups attached to an aromatic ring is 1. The van der Waals surface area contributed by atoms with Crippen molar-refractivity contribution in [3.05, 3.63) is 24.3 Å². The minimum atomic E-state index is 0.663. The van der Waals surface area contributed by atoms with E-state index in [1.807, 2.05) is 12.1 Å². The Balaban J connectivity index is 2.12. The van der Waals surface area contributed by atoms with Crippen LogP contribution >= 0.6 is 11.8 Å². The molecule has 1 heterocycles. The molecule has 15 heavy (non-hydrogen) atoms. The van der Waals surface area contributed by atoms with Gasteiger partial charge in [0, 0.05) is 13.1 Å². The maximum atomic E-state index is 5.98. The normalized spacial score (nSPS) is 17.7. The molecular weight excluding hydrogens is 204 g/mol. The smallest absolute Gasteiger partial charge is 0.0599 e. The second-order valence-electron chi connectivity index (χ2n) is 4.01. The van der Waals surface area contributed by atoms with Gasteiger partial charge in [-0.05, 0) is 36.5 Å². The van der Waals surface area contributed by atoms with E-state index >= 15 is 0 Å². The van der Waals surface area contributed by atoms with Gasteiger partial charge in [-0.25, -0.2) is 0 Å². The molecule has 1 aromatic carbocycles. The third-order valence-electron chi connectivity index (χ3n) is 3.06. The lowest BCUT2D eigenvalue weighted by molar-refractivity contribution is 0.589. The van der Waals surface area contributed by atoms with E-state index in [0.29, 0.717) is 6.04 Å². The van der Waals surface area contributed by atoms with Gasteiger partial charge in [-0.3, -0.25) is 0 Å². The Hall–Kier alpha value is -0.830. The molecule has 0 aromatic heterocycles. The summed E-state index contributed by atoms with van der Waals surface area (Å²) in [5.41, 5.74) is 8.04. The molecule has 2 rings (SSSR count). The monoisotopic (exact) mass is 222 g/mol. The molecule has 1 fully saturated rings. The minimum absolute atomic E-state index is 0.663. The van der Waals surface area contributed by atoms with E-state index < -0.39 is 0 Å². The number of thioether (sulfide) groups is 1. The number of hydrogen-bond donors (Lipinski definition) is 1. The Kier molecular flexibility index (Phi) is 3.41. The fourth-order valence-electron chi connectivity index (χ4n) is 2.08. The van der Waals surface area contributed by atoms with Gasteiger partial charge in [0.15, 0.2) is 0 Å². The number of nitrogens with zero attached hydrogens (tertiary/aromatic N) is 1. The van der Waals surface area contributed by atoms with E-state index in [2.05, 4.69) is 35.8 Å². The van der Waals surface area contributed by atoms with Crippen molar-refractivity contribution in [3.63, 3.8) is 0 Å². The van der Waals surface area contributed by atoms with Crippen LogP contribution in [0.5, 0.6) is 0 Å². The number of rotatable bonds is 2. The van der Waals surface area contributed by atoms with Gasteiger partial charge >= 0.3 is 0 Å². The first kappa shape index (κ1) is 10.7. The number of nitrogens with two attached hydrogens (primary N) is 1. The summed E-state index contributed by atoms with van der Waals surface area (Å²) in [7, 11) is 2.16. The molecule has 0 radical (unpaired) electrons. The van der Waals surface area contributed by atoms with Gasteiger partial charge in [-0.15, -0.1) is 0 Å². The summed E-state index contributed by atoms with van der Waals surface area (Å²) in [5, 5.41) is 0. The highest BCUT2D eigenvalue weighted by Crippen LogP contribution is 2.28. The zero-order chi connectivity index (χ0) is 10.7. The molecule has 0 saturated carbocycles. The predicted octanol–water partition coefficient (Wildman–Crippen LogP) is 2.60. The fourth-order valence-corrected chi connectivity index (χ4v) is 3.16. The predicted molar refractivity (Wildman–Crippen MR) is 69.6 cm³/mol. The first-order chi connectivity index (χ1) is 7.29. The summed E-state index contributed by atoms with van der Waals surface area (Å²) < 4.78 is 0. The zero-order valence-electron chi connectivity index (χ0n) is 9.15. The van der Waals surface area contributed by atoms with Crippen molar-refractivity contribution in [1.82, 2.24) is 0 Å². The number of para-hydroxylation sites is 2. The van der Waals surface area contributed by atoms with Crippen molar-refractivity contribution >= 4 is 23.1 Å². The van der Waals surface area contributed by atoms with Gasteiger partial charge in [0.1, 0.15) is 0 Å². The largest absolute Gasteiger partial charge is 0.397 e. The van der Waals surface area contributed by atoms with Gasteiger partial charge in [0.25, 0.3) is 0 Å². The topological polar surface area (TPSA) is 29.3 Å². The third-order valence-corrected chi connectivity index (χ3v) is 4.10. The first-order valence-electron chi connectivity index (χ1n) is 5.44. The summed E-state index contributed by atoms with van der Waals surface area (Å²) in [6.07, 6.45) is 2.55. The van der Waals surface area contributed by atoms with Crippen LogP contribution in [0.1, 0.15) is 12.8 Å². The van der Waals surface area contributed by atoms with Gasteiger partial charge in [-0.1, -0.05) is 12.1 Å². The average molecular weight is 222 g/mol. The third kappa shape index (κ3) is 2.40. The standard InChI is InChI=1S/C12H18N2S/c1-14(10-6-8-15-9-7-10)12-5-3-2-4-11(12)13/h2-5,10H,6-9,13H2,1H3. The molecule has 0 amide bonds. The van der Waals surface area contributed by atoms with Crippen molar-refractivity contribution in [2.45, 2.75) is 18.9 Å². The lowest BCUT2D eigenvalue weighted by atomic mass is 10.1. The molecule has 0 aliphatic carbocycles. The molecule has 3 heteroatoms. The van der Waals surface area contributed by atoms with Gasteiger partial charge in [0.2, 0.25) is 0 Å². The van der Waals surface area contributed by atoms with Gasteiger partial charge in [-0.2, -0.15) is 11.8 Å². The maximum Gasteiger partial charge on any atom is 0.0599 e. The molecule has 1 aliphatic rings. The Labute approximate surface area is 95.8 Å². The highest BCUT2D eigenvalue weighted by molar-refractivity contribution is 7.99. The molecule has 0 atom stereocenters. The van der Waals surface area contributed by atoms with E-state index in [0.717, 1.165) is 5.69 Å². The zero-order valence-corrected chi connectivity index (χ0v) is 9.96. The molecule has 82 valence electrons. The highest BCUT2D eigenvalue weighted by atomic mass is 32.2. The molecule has 2 N–H and O–H groups in total. The van der Waals surface area contributed by atoms with E-state index in [4.69, 9.17) is 5.73 Å². The average Bonchev–Trinajstić information content (AvgIpc) is 2.30. The van der Waals surface area contributed by atoms with Crippen LogP contribution < -0.4 is 10.6 Å². The summed E-state index contributed by atoms with van der Waals surface area (Å²) in [6, 6.07) is 8.79. The van der Waals surface area contributed by atoms with Crippen LogP contribution in [0.3, 0.4) is 0 Å². The van der Waals surface area contributed by atoms with Crippen molar-refractivity contribution in [2.75, 3.05) is 29.2 Å². The molecule has 0 spiro atoms. The lowest BCUT2D eigenvalue weighted by Gasteiger charge is -2.33. The Morgan fingerprint density at radius 3 is 2.60 bits per heavy atom. The van der Waals surface area contributed by atoms with Gasteiger partial charge in [0.05, 0.1) is 11.4 Å². The number of hydrogen-bond acceptors (Lipinski definition) is 3. The second-order valence-corrected chi connectivity index (χ2v) is 5.24. The molecule has 1 saturated heterocycles. The summed E-state index contributed by atoms with van der Waals surface area (Å²) >= 11 is 2.06. The fraction of sp³-hybridized carbons (Fsp3) is 0.500. The van der Waals surface area contributed by atoms with Crippen molar-refractivity contribution in [1.29, 1.82) is 0 Å². The van der Waals surface area contributed by atoms with Crippen molar-refractivity contribution < 1.29 is 0 Å². The Bertz CT molecular complexity index is 321. The molecular formula is C12H18N2S. The van der Waals surface area contributed by atoms with E-state index in [1.54, 1.807) is 0 Å². The Morgan fingerprint density at radius 2 is 1.93 bits per heavy atom. The lowest BCUT2D eigenvalue weighted by Crippen LogP contribution is -2.35. The van der Waals surface area contributed by atoms with Crippen molar-refractivity contribution in [3.8, 4) is 0 Å². The highest BCUT2D eigenvalue weighted by Gasteiger charge is 2.19. The van der Waals surface area contributed by atoms with Crippen LogP contribution in [0.25, 0.3) is 0 Å². The van der Waals surface area contributed by atoms with Crippen LogP contribution in [-0.4, -0.2) is 24.6 Å². The Morgan fingerprint density at radius 1 is 1.27 bits per heavy atom. The van der Waals surface area contributed by atoms with E-state index in [-0.39, 0.29) is 0 Å². The summed E-state index contributed by atoms with van der Waals surface area (Å²) in [4.78, 5) is 2.34. The van der Waals surface area contributed by atoms with Crippen LogP contribution in [-0.2, 0) is 0 Å². The maximum absolute atomic E-state index is 5.98.